The van der Waals surface area contributed by atoms with Crippen molar-refractivity contribution in [3.8, 4) is 11.5 Å². The second kappa shape index (κ2) is 11.8. The minimum absolute atomic E-state index is 0.0832. The lowest BCUT2D eigenvalue weighted by molar-refractivity contribution is -0.129. The molecule has 1 fully saturated rings. The third-order valence-electron chi connectivity index (χ3n) is 9.76. The number of nitrogens with zero attached hydrogens (tertiary/aromatic N) is 2. The molecule has 0 spiro atoms. The summed E-state index contributed by atoms with van der Waals surface area (Å²) in [5, 5.41) is 0. The zero-order valence-corrected chi connectivity index (χ0v) is 25.0. The molecule has 5 rings (SSSR count). The van der Waals surface area contributed by atoms with Crippen LogP contribution in [0, 0.1) is 25.7 Å². The van der Waals surface area contributed by atoms with E-state index in [4.69, 9.17) is 9.47 Å². The molecule has 6 nitrogen and oxygen atoms in total. The van der Waals surface area contributed by atoms with Crippen molar-refractivity contribution in [1.82, 2.24) is 9.80 Å². The first kappa shape index (κ1) is 28.4. The summed E-state index contributed by atoms with van der Waals surface area (Å²) in [5.41, 5.74) is 8.55. The minimum Gasteiger partial charge on any atom is -0.493 e. The molecule has 3 aliphatic rings. The highest BCUT2D eigenvalue weighted by atomic mass is 16.5. The third kappa shape index (κ3) is 5.30. The molecule has 4 unspecified atom stereocenters. The van der Waals surface area contributed by atoms with E-state index in [2.05, 4.69) is 49.9 Å². The van der Waals surface area contributed by atoms with Gasteiger partial charge in [0.2, 0.25) is 5.91 Å². The number of piperidine rings is 1. The van der Waals surface area contributed by atoms with E-state index in [0.717, 1.165) is 62.8 Å². The number of aryl methyl sites for hydroxylation is 2. The molecule has 1 amide bonds. The van der Waals surface area contributed by atoms with Crippen LogP contribution in [0.2, 0.25) is 0 Å². The van der Waals surface area contributed by atoms with Crippen molar-refractivity contribution in [2.24, 2.45) is 11.8 Å². The normalized spacial score (nSPS) is 24.6. The molecule has 0 aromatic heterocycles. The van der Waals surface area contributed by atoms with Gasteiger partial charge in [0.05, 0.1) is 20.3 Å². The summed E-state index contributed by atoms with van der Waals surface area (Å²) in [7, 11) is 3.33. The van der Waals surface area contributed by atoms with E-state index in [1.54, 1.807) is 21.1 Å². The van der Waals surface area contributed by atoms with Crippen LogP contribution in [0.3, 0.4) is 0 Å². The van der Waals surface area contributed by atoms with Crippen LogP contribution in [0.25, 0.3) is 0 Å². The molecule has 4 atom stereocenters. The molecular formula is C34H44N2O4. The summed E-state index contributed by atoms with van der Waals surface area (Å²) in [4.78, 5) is 29.6. The predicted octanol–water partition coefficient (Wildman–Crippen LogP) is 5.93. The van der Waals surface area contributed by atoms with Crippen LogP contribution in [-0.2, 0) is 22.4 Å². The highest BCUT2D eigenvalue weighted by molar-refractivity contribution is 5.93. The summed E-state index contributed by atoms with van der Waals surface area (Å²) < 4.78 is 11.3. The maximum Gasteiger partial charge on any atom is 0.247 e. The van der Waals surface area contributed by atoms with E-state index in [0.29, 0.717) is 35.7 Å². The van der Waals surface area contributed by atoms with Crippen molar-refractivity contribution < 1.29 is 19.1 Å². The summed E-state index contributed by atoms with van der Waals surface area (Å²) in [6, 6.07) is 9.33. The standard InChI is InChI=1S/C34H44N2O4/c1-7-24-19-35-10-8-25-13-22(3)23(4)14-28(25)30(35)15-27(24)16-31-29-18-33(40-6)32(39-5)17-26(29)9-11-36(31)34(38)12-21(2)20-37/h12-14,17-18,20,24,27,30-31H,7-11,15-16,19H2,1-6H3/b21-12-. The topological polar surface area (TPSA) is 59.1 Å². The molecule has 0 saturated carbocycles. The highest BCUT2D eigenvalue weighted by Gasteiger charge is 2.41. The van der Waals surface area contributed by atoms with Crippen molar-refractivity contribution in [2.75, 3.05) is 33.9 Å². The first-order chi connectivity index (χ1) is 19.3. The van der Waals surface area contributed by atoms with Crippen LogP contribution in [0.1, 0.15) is 78.6 Å². The fraction of sp³-hybridized carbons (Fsp3) is 0.529. The number of methoxy groups -OCH3 is 2. The van der Waals surface area contributed by atoms with Gasteiger partial charge in [-0.25, -0.2) is 0 Å². The molecule has 214 valence electrons. The Balaban J connectivity index is 1.52. The average molecular weight is 545 g/mol. The van der Waals surface area contributed by atoms with Gasteiger partial charge in [-0.05, 0) is 109 Å². The number of ether oxygens (including phenoxy) is 2. The van der Waals surface area contributed by atoms with Crippen molar-refractivity contribution in [3.05, 3.63) is 69.3 Å². The first-order valence-corrected chi connectivity index (χ1v) is 14.8. The maximum atomic E-state index is 13.5. The van der Waals surface area contributed by atoms with Gasteiger partial charge in [0.1, 0.15) is 6.29 Å². The molecule has 3 aliphatic heterocycles. The maximum absolute atomic E-state index is 13.5. The molecule has 40 heavy (non-hydrogen) atoms. The number of rotatable bonds is 7. The molecule has 0 N–H and O–H groups in total. The van der Waals surface area contributed by atoms with Gasteiger partial charge < -0.3 is 14.4 Å². The van der Waals surface area contributed by atoms with Gasteiger partial charge in [0.15, 0.2) is 11.5 Å². The van der Waals surface area contributed by atoms with E-state index in [1.807, 2.05) is 4.90 Å². The van der Waals surface area contributed by atoms with E-state index < -0.39 is 0 Å². The molecule has 0 aliphatic carbocycles. The Morgan fingerprint density at radius 2 is 1.62 bits per heavy atom. The van der Waals surface area contributed by atoms with Crippen LogP contribution < -0.4 is 9.47 Å². The van der Waals surface area contributed by atoms with Gasteiger partial charge in [-0.1, -0.05) is 25.5 Å². The van der Waals surface area contributed by atoms with Crippen LogP contribution >= 0.6 is 0 Å². The smallest absolute Gasteiger partial charge is 0.247 e. The van der Waals surface area contributed by atoms with E-state index in [9.17, 15) is 9.59 Å². The molecule has 0 radical (unpaired) electrons. The quantitative estimate of drug-likeness (QED) is 0.320. The van der Waals surface area contributed by atoms with Crippen molar-refractivity contribution in [1.29, 1.82) is 0 Å². The van der Waals surface area contributed by atoms with Gasteiger partial charge in [0, 0.05) is 31.8 Å². The van der Waals surface area contributed by atoms with E-state index >= 15 is 0 Å². The number of benzene rings is 2. The number of fused-ring (bicyclic) bond motifs is 4. The summed E-state index contributed by atoms with van der Waals surface area (Å²) in [6.45, 7) is 11.3. The molecule has 0 bridgehead atoms. The van der Waals surface area contributed by atoms with Gasteiger partial charge in [0.25, 0.3) is 0 Å². The van der Waals surface area contributed by atoms with Crippen molar-refractivity contribution >= 4 is 12.2 Å². The number of aldehydes is 1. The van der Waals surface area contributed by atoms with Gasteiger partial charge in [-0.15, -0.1) is 0 Å². The van der Waals surface area contributed by atoms with Gasteiger partial charge in [-0.3, -0.25) is 14.5 Å². The Kier molecular flexibility index (Phi) is 8.37. The van der Waals surface area contributed by atoms with Gasteiger partial charge in [-0.2, -0.15) is 0 Å². The molecule has 2 aromatic rings. The second-order valence-corrected chi connectivity index (χ2v) is 12.0. The number of hydrogen-bond donors (Lipinski definition) is 0. The lowest BCUT2D eigenvalue weighted by Crippen LogP contribution is -2.47. The Labute approximate surface area is 239 Å². The Bertz CT molecular complexity index is 1320. The number of carbonyl (C=O) groups is 2. The molecule has 1 saturated heterocycles. The van der Waals surface area contributed by atoms with Crippen LogP contribution in [0.5, 0.6) is 11.5 Å². The van der Waals surface area contributed by atoms with Crippen LogP contribution in [0.15, 0.2) is 35.9 Å². The number of carbonyl (C=O) groups excluding carboxylic acids is 2. The van der Waals surface area contributed by atoms with E-state index in [-0.39, 0.29) is 11.9 Å². The molecule has 2 aromatic carbocycles. The predicted molar refractivity (Wildman–Crippen MR) is 158 cm³/mol. The SMILES string of the molecule is CCC1CN2CCc3cc(C)c(C)cc3C2CC1CC1c2cc(OC)c(OC)cc2CCN1C(=O)/C=C(/C)C=O. The Morgan fingerprint density at radius 1 is 0.950 bits per heavy atom. The average Bonchev–Trinajstić information content (AvgIpc) is 2.96. The van der Waals surface area contributed by atoms with Gasteiger partial charge >= 0.3 is 0 Å². The summed E-state index contributed by atoms with van der Waals surface area (Å²) >= 11 is 0. The lowest BCUT2D eigenvalue weighted by atomic mass is 9.71. The third-order valence-corrected chi connectivity index (χ3v) is 9.76. The largest absolute Gasteiger partial charge is 0.493 e. The molecule has 3 heterocycles. The lowest BCUT2D eigenvalue weighted by Gasteiger charge is -2.49. The van der Waals surface area contributed by atoms with Crippen LogP contribution in [-0.4, -0.2) is 55.8 Å². The van der Waals surface area contributed by atoms with Crippen molar-refractivity contribution in [3.63, 3.8) is 0 Å². The van der Waals surface area contributed by atoms with E-state index in [1.165, 1.54) is 33.9 Å². The molecular weight excluding hydrogens is 500 g/mol. The number of hydrogen-bond acceptors (Lipinski definition) is 5. The monoisotopic (exact) mass is 544 g/mol. The molecule has 6 heteroatoms. The fourth-order valence-electron chi connectivity index (χ4n) is 7.36. The van der Waals surface area contributed by atoms with Crippen LogP contribution in [0.4, 0.5) is 0 Å². The Hall–Kier alpha value is -3.12. The summed E-state index contributed by atoms with van der Waals surface area (Å²) in [5.74, 6) is 2.36. The first-order valence-electron chi connectivity index (χ1n) is 14.8. The zero-order chi connectivity index (χ0) is 28.6. The van der Waals surface area contributed by atoms with Crippen molar-refractivity contribution in [2.45, 2.75) is 71.9 Å². The minimum atomic E-state index is -0.0883. The summed E-state index contributed by atoms with van der Waals surface area (Å²) in [6.07, 6.45) is 7.23. The number of allylic oxidation sites excluding steroid dienone is 1. The highest BCUT2D eigenvalue weighted by Crippen LogP contribution is 2.48. The Morgan fingerprint density at radius 3 is 2.33 bits per heavy atom. The fourth-order valence-corrected chi connectivity index (χ4v) is 7.36. The number of amides is 1. The zero-order valence-electron chi connectivity index (χ0n) is 25.0. The second-order valence-electron chi connectivity index (χ2n) is 12.0.